The van der Waals surface area contributed by atoms with Gasteiger partial charge in [0.05, 0.1) is 0 Å². The molecule has 2 aliphatic carbocycles. The smallest absolute Gasteiger partial charge is 0.238 e. The number of primary amides is 1. The molecule has 0 spiro atoms. The summed E-state index contributed by atoms with van der Waals surface area (Å²) in [4.78, 5) is 14.3. The van der Waals surface area contributed by atoms with E-state index in [1.807, 2.05) is 6.92 Å². The van der Waals surface area contributed by atoms with Crippen LogP contribution in [0.5, 0.6) is 0 Å². The summed E-state index contributed by atoms with van der Waals surface area (Å²) in [6.45, 7) is 7.97. The standard InChI is InChI=1S/C15H29N3O/c1-3-8-17-15(2,14(16)19)11-18(9-12-4-5-12)10-13-6-7-13/h12-13,17H,3-11H2,1-2H3,(H2,16,19). The zero-order valence-electron chi connectivity index (χ0n) is 12.5. The molecular weight excluding hydrogens is 238 g/mol. The second kappa shape index (κ2) is 6.23. The molecule has 1 unspecified atom stereocenters. The largest absolute Gasteiger partial charge is 0.368 e. The Morgan fingerprint density at radius 3 is 2.16 bits per heavy atom. The van der Waals surface area contributed by atoms with Crippen LogP contribution in [0.2, 0.25) is 0 Å². The van der Waals surface area contributed by atoms with Crippen LogP contribution in [-0.2, 0) is 4.79 Å². The minimum atomic E-state index is -0.584. The number of nitrogens with one attached hydrogen (secondary N) is 1. The first-order valence-electron chi connectivity index (χ1n) is 7.81. The number of nitrogens with two attached hydrogens (primary N) is 1. The van der Waals surface area contributed by atoms with Crippen LogP contribution in [0.4, 0.5) is 0 Å². The molecule has 1 atom stereocenters. The molecule has 1 amide bonds. The zero-order chi connectivity index (χ0) is 13.9. The van der Waals surface area contributed by atoms with Crippen LogP contribution in [0.15, 0.2) is 0 Å². The third-order valence-electron chi connectivity index (χ3n) is 4.28. The average Bonchev–Trinajstić information content (AvgIpc) is 3.22. The maximum atomic E-state index is 11.8. The highest BCUT2D eigenvalue weighted by Crippen LogP contribution is 2.34. The zero-order valence-corrected chi connectivity index (χ0v) is 12.5. The predicted molar refractivity (Wildman–Crippen MR) is 77.8 cm³/mol. The molecule has 0 saturated heterocycles. The number of nitrogens with zero attached hydrogens (tertiary/aromatic N) is 1. The fourth-order valence-electron chi connectivity index (χ4n) is 2.60. The SMILES string of the molecule is CCCNC(C)(CN(CC1CC1)CC1CC1)C(N)=O. The van der Waals surface area contributed by atoms with Crippen LogP contribution < -0.4 is 11.1 Å². The summed E-state index contributed by atoms with van der Waals surface area (Å²) < 4.78 is 0. The summed E-state index contributed by atoms with van der Waals surface area (Å²) in [6, 6.07) is 0. The van der Waals surface area contributed by atoms with Gasteiger partial charge in [0, 0.05) is 19.6 Å². The molecule has 4 nitrogen and oxygen atoms in total. The van der Waals surface area contributed by atoms with Crippen LogP contribution in [-0.4, -0.2) is 42.5 Å². The number of hydrogen-bond donors (Lipinski definition) is 2. The van der Waals surface area contributed by atoms with Gasteiger partial charge in [-0.05, 0) is 57.4 Å². The van der Waals surface area contributed by atoms with Crippen LogP contribution in [0.3, 0.4) is 0 Å². The van der Waals surface area contributed by atoms with E-state index < -0.39 is 5.54 Å². The molecule has 0 aromatic rings. The van der Waals surface area contributed by atoms with Gasteiger partial charge >= 0.3 is 0 Å². The molecule has 19 heavy (non-hydrogen) atoms. The molecule has 3 N–H and O–H groups in total. The Morgan fingerprint density at radius 2 is 1.79 bits per heavy atom. The van der Waals surface area contributed by atoms with E-state index in [1.54, 1.807) is 0 Å². The maximum Gasteiger partial charge on any atom is 0.238 e. The molecule has 2 saturated carbocycles. The Labute approximate surface area is 117 Å². The van der Waals surface area contributed by atoms with E-state index in [9.17, 15) is 4.79 Å². The normalized spacial score (nSPS) is 22.5. The number of carbonyl (C=O) groups excluding carboxylic acids is 1. The van der Waals surface area contributed by atoms with E-state index in [4.69, 9.17) is 5.73 Å². The summed E-state index contributed by atoms with van der Waals surface area (Å²) in [5.41, 5.74) is 5.04. The molecule has 2 aliphatic rings. The minimum Gasteiger partial charge on any atom is -0.368 e. The highest BCUT2D eigenvalue weighted by Gasteiger charge is 2.36. The van der Waals surface area contributed by atoms with Gasteiger partial charge in [0.15, 0.2) is 0 Å². The van der Waals surface area contributed by atoms with E-state index >= 15 is 0 Å². The molecule has 0 radical (unpaired) electrons. The molecule has 0 aliphatic heterocycles. The van der Waals surface area contributed by atoms with Crippen LogP contribution in [0, 0.1) is 11.8 Å². The molecular formula is C15H29N3O. The second-order valence-electron chi connectivity index (χ2n) is 6.70. The summed E-state index contributed by atoms with van der Waals surface area (Å²) in [5, 5.41) is 3.35. The number of hydrogen-bond acceptors (Lipinski definition) is 3. The van der Waals surface area contributed by atoms with Gasteiger partial charge in [-0.2, -0.15) is 0 Å². The average molecular weight is 267 g/mol. The van der Waals surface area contributed by atoms with Crippen LogP contribution >= 0.6 is 0 Å². The van der Waals surface area contributed by atoms with E-state index in [1.165, 1.54) is 25.7 Å². The first-order valence-corrected chi connectivity index (χ1v) is 7.81. The Bertz CT molecular complexity index is 299. The Balaban J connectivity index is 1.91. The Morgan fingerprint density at radius 1 is 1.26 bits per heavy atom. The lowest BCUT2D eigenvalue weighted by molar-refractivity contribution is -0.124. The van der Waals surface area contributed by atoms with E-state index in [-0.39, 0.29) is 5.91 Å². The minimum absolute atomic E-state index is 0.224. The van der Waals surface area contributed by atoms with Crippen molar-refractivity contribution < 1.29 is 4.79 Å². The molecule has 0 aromatic heterocycles. The van der Waals surface area contributed by atoms with Gasteiger partial charge in [0.2, 0.25) is 5.91 Å². The lowest BCUT2D eigenvalue weighted by Crippen LogP contribution is -2.60. The third kappa shape index (κ3) is 4.77. The number of amides is 1. The first-order chi connectivity index (χ1) is 9.03. The van der Waals surface area contributed by atoms with E-state index in [0.29, 0.717) is 0 Å². The van der Waals surface area contributed by atoms with E-state index in [2.05, 4.69) is 17.1 Å². The van der Waals surface area contributed by atoms with Crippen molar-refractivity contribution in [1.29, 1.82) is 0 Å². The van der Waals surface area contributed by atoms with Crippen LogP contribution in [0.25, 0.3) is 0 Å². The predicted octanol–water partition coefficient (Wildman–Crippen LogP) is 1.35. The maximum absolute atomic E-state index is 11.8. The molecule has 4 heteroatoms. The quantitative estimate of drug-likeness (QED) is 0.628. The summed E-state index contributed by atoms with van der Waals surface area (Å²) in [6.07, 6.45) is 6.45. The molecule has 110 valence electrons. The summed E-state index contributed by atoms with van der Waals surface area (Å²) in [7, 11) is 0. The topological polar surface area (TPSA) is 58.4 Å². The highest BCUT2D eigenvalue weighted by atomic mass is 16.1. The van der Waals surface area contributed by atoms with Crippen molar-refractivity contribution >= 4 is 5.91 Å². The Kier molecular flexibility index (Phi) is 4.85. The summed E-state index contributed by atoms with van der Waals surface area (Å²) in [5.74, 6) is 1.50. The monoisotopic (exact) mass is 267 g/mol. The van der Waals surface area contributed by atoms with Gasteiger partial charge in [-0.25, -0.2) is 0 Å². The van der Waals surface area contributed by atoms with Crippen molar-refractivity contribution in [2.45, 2.75) is 51.5 Å². The van der Waals surface area contributed by atoms with Crippen molar-refractivity contribution in [3.05, 3.63) is 0 Å². The second-order valence-corrected chi connectivity index (χ2v) is 6.70. The molecule has 0 aromatic carbocycles. The van der Waals surface area contributed by atoms with Crippen molar-refractivity contribution in [2.75, 3.05) is 26.2 Å². The molecule has 0 heterocycles. The molecule has 0 bridgehead atoms. The lowest BCUT2D eigenvalue weighted by Gasteiger charge is -2.34. The van der Waals surface area contributed by atoms with Gasteiger partial charge in [0.25, 0.3) is 0 Å². The fourth-order valence-corrected chi connectivity index (χ4v) is 2.60. The molecule has 2 fully saturated rings. The van der Waals surface area contributed by atoms with Crippen molar-refractivity contribution in [3.8, 4) is 0 Å². The lowest BCUT2D eigenvalue weighted by atomic mass is 10.00. The van der Waals surface area contributed by atoms with Crippen molar-refractivity contribution in [3.63, 3.8) is 0 Å². The number of carbonyl (C=O) groups is 1. The van der Waals surface area contributed by atoms with Gasteiger partial charge in [0.1, 0.15) is 5.54 Å². The van der Waals surface area contributed by atoms with Crippen molar-refractivity contribution in [2.24, 2.45) is 17.6 Å². The third-order valence-corrected chi connectivity index (χ3v) is 4.28. The van der Waals surface area contributed by atoms with Gasteiger partial charge in [-0.15, -0.1) is 0 Å². The van der Waals surface area contributed by atoms with Gasteiger partial charge in [-0.3, -0.25) is 4.79 Å². The van der Waals surface area contributed by atoms with Crippen LogP contribution in [0.1, 0.15) is 46.0 Å². The highest BCUT2D eigenvalue weighted by molar-refractivity contribution is 5.84. The van der Waals surface area contributed by atoms with Gasteiger partial charge in [-0.1, -0.05) is 6.92 Å². The molecule has 2 rings (SSSR count). The van der Waals surface area contributed by atoms with Gasteiger partial charge < -0.3 is 16.0 Å². The van der Waals surface area contributed by atoms with Crippen molar-refractivity contribution in [1.82, 2.24) is 10.2 Å². The first kappa shape index (κ1) is 14.8. The summed E-state index contributed by atoms with van der Waals surface area (Å²) >= 11 is 0. The fraction of sp³-hybridized carbons (Fsp3) is 0.933. The Hall–Kier alpha value is -0.610. The van der Waals surface area contributed by atoms with E-state index in [0.717, 1.165) is 44.4 Å². The number of rotatable bonds is 10.